The number of hydrogen-bond donors (Lipinski definition) is 2. The third-order valence-corrected chi connectivity index (χ3v) is 7.01. The highest BCUT2D eigenvalue weighted by atomic mass is 32.1. The van der Waals surface area contributed by atoms with Crippen molar-refractivity contribution in [2.45, 2.75) is 49.8 Å². The number of aliphatic hydroxyl groups is 1. The van der Waals surface area contributed by atoms with E-state index in [1.807, 2.05) is 49.4 Å². The van der Waals surface area contributed by atoms with Gasteiger partial charge in [-0.15, -0.1) is 12.6 Å². The van der Waals surface area contributed by atoms with Crippen LogP contribution in [-0.2, 0) is 16.6 Å². The molecule has 0 bridgehead atoms. The molecular formula is C29H38O6S. The Morgan fingerprint density at radius 3 is 2.31 bits per heavy atom. The molecule has 0 aromatic heterocycles. The van der Waals surface area contributed by atoms with E-state index in [0.29, 0.717) is 18.9 Å². The van der Waals surface area contributed by atoms with Crippen LogP contribution in [0.25, 0.3) is 11.1 Å². The van der Waals surface area contributed by atoms with Gasteiger partial charge in [0.05, 0.1) is 5.41 Å². The predicted molar refractivity (Wildman–Crippen MR) is 147 cm³/mol. The second-order valence-corrected chi connectivity index (χ2v) is 9.71. The molecule has 36 heavy (non-hydrogen) atoms. The molecule has 1 heterocycles. The number of ketones is 1. The molecule has 1 aliphatic heterocycles. The summed E-state index contributed by atoms with van der Waals surface area (Å²) in [6, 6.07) is 22.2. The van der Waals surface area contributed by atoms with Crippen molar-refractivity contribution in [2.75, 3.05) is 13.4 Å². The Bertz CT molecular complexity index is 1140. The maximum absolute atomic E-state index is 13.2. The fourth-order valence-corrected chi connectivity index (χ4v) is 4.20. The molecule has 0 saturated heterocycles. The Balaban J connectivity index is 0.000000688. The number of carbonyl (C=O) groups excluding carboxylic acids is 1. The van der Waals surface area contributed by atoms with E-state index in [2.05, 4.69) is 43.8 Å². The molecule has 6 nitrogen and oxygen atoms in total. The standard InChI is InChI=1S/C24H20O3S.C5H12O.2H2O.H2/c25-23(24(10-11-24)19-6-9-21-22(14-19)27-15-26-21)13-16-2-1-3-18(12-16)17-4-7-20(28)8-5-17;1-3-5(2)4-6;;;/h1-9,12,14,28H,10-11,13,15H2;5-6H,3-4H2,1-2H3;2*1H2;1H/t;5-;;;/m.1.../s1. The van der Waals surface area contributed by atoms with Crippen LogP contribution >= 0.6 is 12.6 Å². The maximum Gasteiger partial charge on any atom is 0.231 e. The van der Waals surface area contributed by atoms with E-state index in [4.69, 9.17) is 14.6 Å². The van der Waals surface area contributed by atoms with Gasteiger partial charge >= 0.3 is 0 Å². The summed E-state index contributed by atoms with van der Waals surface area (Å²) in [6.07, 6.45) is 3.31. The fourth-order valence-electron chi connectivity index (χ4n) is 4.05. The van der Waals surface area contributed by atoms with E-state index in [-0.39, 0.29) is 30.4 Å². The summed E-state index contributed by atoms with van der Waals surface area (Å²) in [5.41, 5.74) is 3.97. The molecule has 3 aromatic carbocycles. The summed E-state index contributed by atoms with van der Waals surface area (Å²) in [7, 11) is 0. The molecule has 1 saturated carbocycles. The van der Waals surface area contributed by atoms with Crippen molar-refractivity contribution in [1.82, 2.24) is 0 Å². The van der Waals surface area contributed by atoms with Gasteiger partial charge in [-0.25, -0.2) is 0 Å². The Labute approximate surface area is 219 Å². The average Bonchev–Trinajstić information content (AvgIpc) is 3.55. The molecule has 1 aliphatic carbocycles. The van der Waals surface area contributed by atoms with Crippen LogP contribution in [0.1, 0.15) is 45.7 Å². The van der Waals surface area contributed by atoms with E-state index in [1.165, 1.54) is 0 Å². The molecule has 0 radical (unpaired) electrons. The lowest BCUT2D eigenvalue weighted by Gasteiger charge is -2.15. The number of rotatable bonds is 7. The molecule has 3 aromatic rings. The van der Waals surface area contributed by atoms with E-state index in [1.54, 1.807) is 0 Å². The van der Waals surface area contributed by atoms with E-state index >= 15 is 0 Å². The Hall–Kier alpha value is -2.84. The van der Waals surface area contributed by atoms with Crippen LogP contribution in [0.15, 0.2) is 71.6 Å². The lowest BCUT2D eigenvalue weighted by atomic mass is 9.87. The number of thiol groups is 1. The number of hydrogen-bond acceptors (Lipinski definition) is 5. The molecule has 1 fully saturated rings. The van der Waals surface area contributed by atoms with Gasteiger partial charge in [0.25, 0.3) is 0 Å². The van der Waals surface area contributed by atoms with Crippen molar-refractivity contribution in [2.24, 2.45) is 5.92 Å². The van der Waals surface area contributed by atoms with Crippen LogP contribution in [0.5, 0.6) is 11.5 Å². The second kappa shape index (κ2) is 12.9. The molecule has 0 unspecified atom stereocenters. The zero-order chi connectivity index (χ0) is 24.1. The third kappa shape index (κ3) is 6.68. The van der Waals surface area contributed by atoms with Crippen LogP contribution in [0.3, 0.4) is 0 Å². The zero-order valence-electron chi connectivity index (χ0n) is 20.8. The van der Waals surface area contributed by atoms with Gasteiger partial charge < -0.3 is 25.5 Å². The smallest absolute Gasteiger partial charge is 0.231 e. The molecule has 5 rings (SSSR count). The van der Waals surface area contributed by atoms with Gasteiger partial charge in [0.15, 0.2) is 11.5 Å². The van der Waals surface area contributed by atoms with Gasteiger partial charge in [-0.05, 0) is 65.3 Å². The monoisotopic (exact) mass is 514 g/mol. The third-order valence-electron chi connectivity index (χ3n) is 6.71. The largest absolute Gasteiger partial charge is 0.454 e. The van der Waals surface area contributed by atoms with Gasteiger partial charge in [0.1, 0.15) is 5.78 Å². The van der Waals surface area contributed by atoms with E-state index in [9.17, 15) is 4.79 Å². The lowest BCUT2D eigenvalue weighted by molar-refractivity contribution is -0.120. The Morgan fingerprint density at radius 1 is 1.00 bits per heavy atom. The van der Waals surface area contributed by atoms with Gasteiger partial charge in [0.2, 0.25) is 6.79 Å². The zero-order valence-corrected chi connectivity index (χ0v) is 21.7. The molecule has 0 amide bonds. The molecule has 7 heteroatoms. The van der Waals surface area contributed by atoms with Crippen molar-refractivity contribution >= 4 is 18.4 Å². The van der Waals surface area contributed by atoms with Crippen molar-refractivity contribution < 1.29 is 31.8 Å². The summed E-state index contributed by atoms with van der Waals surface area (Å²) >= 11 is 4.35. The summed E-state index contributed by atoms with van der Waals surface area (Å²) in [6.45, 7) is 4.68. The molecule has 2 aliphatic rings. The van der Waals surface area contributed by atoms with Crippen molar-refractivity contribution in [1.29, 1.82) is 0 Å². The lowest BCUT2D eigenvalue weighted by Crippen LogP contribution is -2.22. The van der Waals surface area contributed by atoms with Gasteiger partial charge in [-0.1, -0.05) is 62.7 Å². The highest BCUT2D eigenvalue weighted by Gasteiger charge is 2.50. The number of fused-ring (bicyclic) bond motifs is 1. The van der Waals surface area contributed by atoms with Crippen LogP contribution in [0, 0.1) is 5.92 Å². The minimum atomic E-state index is -0.370. The fraction of sp³-hybridized carbons (Fsp3) is 0.345. The highest BCUT2D eigenvalue weighted by Crippen LogP contribution is 2.51. The van der Waals surface area contributed by atoms with E-state index in [0.717, 1.165) is 57.9 Å². The minimum Gasteiger partial charge on any atom is -0.454 e. The SMILES string of the molecule is CC[C@@H](C)CO.O.O.O=C(Cc1cccc(-c2ccc(S)cc2)c1)C1(c2ccc3c(c2)OCO3)CC1.[HH]. The number of ether oxygens (including phenoxy) is 2. The molecule has 1 atom stereocenters. The number of benzene rings is 3. The summed E-state index contributed by atoms with van der Waals surface area (Å²) in [5, 5.41) is 8.33. The quantitative estimate of drug-likeness (QED) is 0.439. The normalized spacial score (nSPS) is 14.9. The van der Waals surface area contributed by atoms with Gasteiger partial charge in [-0.2, -0.15) is 0 Å². The first-order chi connectivity index (χ1) is 16.4. The topological polar surface area (TPSA) is 119 Å². The molecule has 0 spiro atoms. The first kappa shape index (κ1) is 29.4. The van der Waals surface area contributed by atoms with Gasteiger partial charge in [0, 0.05) is 19.3 Å². The van der Waals surface area contributed by atoms with Crippen LogP contribution < -0.4 is 9.47 Å². The predicted octanol–water partition coefficient (Wildman–Crippen LogP) is 4.84. The second-order valence-electron chi connectivity index (χ2n) is 9.19. The van der Waals surface area contributed by atoms with Crippen LogP contribution in [-0.4, -0.2) is 35.2 Å². The Kier molecular flexibility index (Phi) is 10.5. The van der Waals surface area contributed by atoms with Crippen LogP contribution in [0.4, 0.5) is 0 Å². The first-order valence-corrected chi connectivity index (χ1v) is 12.3. The molecule has 5 N–H and O–H groups in total. The molecule has 196 valence electrons. The number of Topliss-reactive ketones (excluding diaryl/α,β-unsaturated/α-hetero) is 1. The average molecular weight is 515 g/mol. The van der Waals surface area contributed by atoms with Crippen molar-refractivity contribution in [3.63, 3.8) is 0 Å². The highest BCUT2D eigenvalue weighted by molar-refractivity contribution is 7.80. The summed E-state index contributed by atoms with van der Waals surface area (Å²) in [5.74, 6) is 2.26. The first-order valence-electron chi connectivity index (χ1n) is 11.9. The van der Waals surface area contributed by atoms with Crippen LogP contribution in [0.2, 0.25) is 0 Å². The maximum atomic E-state index is 13.2. The summed E-state index contributed by atoms with van der Waals surface area (Å²) < 4.78 is 10.9. The van der Waals surface area contributed by atoms with Crippen molar-refractivity contribution in [3.05, 3.63) is 77.9 Å². The van der Waals surface area contributed by atoms with E-state index < -0.39 is 0 Å². The Morgan fingerprint density at radius 2 is 1.69 bits per heavy atom. The van der Waals surface area contributed by atoms with Gasteiger partial charge in [-0.3, -0.25) is 4.79 Å². The molecular weight excluding hydrogens is 476 g/mol. The van der Waals surface area contributed by atoms with Crippen molar-refractivity contribution in [3.8, 4) is 22.6 Å². The minimum absolute atomic E-state index is 0. The number of carbonyl (C=O) groups is 1. The summed E-state index contributed by atoms with van der Waals surface area (Å²) in [4.78, 5) is 14.1. The number of aliphatic hydroxyl groups excluding tert-OH is 1.